The molecule has 3 rings (SSSR count). The average molecular weight is 394 g/mol. The van der Waals surface area contributed by atoms with Gasteiger partial charge in [0, 0.05) is 19.1 Å². The maximum atomic E-state index is 12.9. The minimum Gasteiger partial charge on any atom is -0.352 e. The van der Waals surface area contributed by atoms with Crippen molar-refractivity contribution >= 4 is 11.9 Å². The van der Waals surface area contributed by atoms with E-state index in [2.05, 4.69) is 28.8 Å². The fourth-order valence-electron chi connectivity index (χ4n) is 3.92. The minimum absolute atomic E-state index is 0.00391. The molecule has 0 aliphatic carbocycles. The first-order valence-corrected chi connectivity index (χ1v) is 10.4. The molecule has 2 aromatic rings. The number of urea groups is 1. The van der Waals surface area contributed by atoms with Crippen molar-refractivity contribution in [2.24, 2.45) is 5.92 Å². The first-order chi connectivity index (χ1) is 13.9. The zero-order valence-electron chi connectivity index (χ0n) is 17.5. The van der Waals surface area contributed by atoms with E-state index in [1.165, 1.54) is 5.56 Å². The van der Waals surface area contributed by atoms with Crippen LogP contribution in [0.25, 0.3) is 0 Å². The molecule has 0 saturated carbocycles. The van der Waals surface area contributed by atoms with Gasteiger partial charge in [-0.3, -0.25) is 4.79 Å². The van der Waals surface area contributed by atoms with E-state index in [1.807, 2.05) is 62.1 Å². The summed E-state index contributed by atoms with van der Waals surface area (Å²) in [5, 5.41) is 6.04. The molecule has 3 amide bonds. The smallest absolute Gasteiger partial charge is 0.318 e. The quantitative estimate of drug-likeness (QED) is 0.800. The van der Waals surface area contributed by atoms with Gasteiger partial charge in [0.05, 0.1) is 12.0 Å². The van der Waals surface area contributed by atoms with Crippen molar-refractivity contribution in [3.05, 3.63) is 71.3 Å². The van der Waals surface area contributed by atoms with Gasteiger partial charge in [0.15, 0.2) is 0 Å². The number of hydrogen-bond acceptors (Lipinski definition) is 2. The van der Waals surface area contributed by atoms with E-state index in [-0.39, 0.29) is 29.9 Å². The number of amides is 3. The number of nitrogens with zero attached hydrogens (tertiary/aromatic N) is 1. The average Bonchev–Trinajstić information content (AvgIpc) is 2.72. The van der Waals surface area contributed by atoms with Crippen molar-refractivity contribution in [1.29, 1.82) is 0 Å². The Morgan fingerprint density at radius 1 is 1.07 bits per heavy atom. The Kier molecular flexibility index (Phi) is 6.91. The fourth-order valence-corrected chi connectivity index (χ4v) is 3.92. The summed E-state index contributed by atoms with van der Waals surface area (Å²) in [5.74, 6) is -0.182. The Morgan fingerprint density at radius 3 is 2.52 bits per heavy atom. The fraction of sp³-hybridized carbons (Fsp3) is 0.417. The number of aryl methyl sites for hydroxylation is 1. The first-order valence-electron chi connectivity index (χ1n) is 10.4. The molecule has 0 spiro atoms. The summed E-state index contributed by atoms with van der Waals surface area (Å²) < 4.78 is 0. The maximum Gasteiger partial charge on any atom is 0.318 e. The number of carbonyl (C=O) groups excluding carboxylic acids is 2. The largest absolute Gasteiger partial charge is 0.352 e. The van der Waals surface area contributed by atoms with Crippen LogP contribution in [0.2, 0.25) is 0 Å². The minimum atomic E-state index is -0.197. The summed E-state index contributed by atoms with van der Waals surface area (Å²) >= 11 is 0. The van der Waals surface area contributed by atoms with Crippen molar-refractivity contribution < 1.29 is 9.59 Å². The zero-order chi connectivity index (χ0) is 20.8. The topological polar surface area (TPSA) is 61.4 Å². The van der Waals surface area contributed by atoms with Crippen molar-refractivity contribution in [3.63, 3.8) is 0 Å². The van der Waals surface area contributed by atoms with Gasteiger partial charge in [0.25, 0.3) is 0 Å². The van der Waals surface area contributed by atoms with Gasteiger partial charge < -0.3 is 15.5 Å². The molecule has 2 N–H and O–H groups in total. The summed E-state index contributed by atoms with van der Waals surface area (Å²) in [5.41, 5.74) is 3.38. The molecule has 0 aromatic heterocycles. The number of rotatable bonds is 5. The summed E-state index contributed by atoms with van der Waals surface area (Å²) in [4.78, 5) is 27.5. The number of carbonyl (C=O) groups is 2. The Labute approximate surface area is 173 Å². The van der Waals surface area contributed by atoms with E-state index in [9.17, 15) is 9.59 Å². The Bertz CT molecular complexity index is 835. The van der Waals surface area contributed by atoms with Gasteiger partial charge >= 0.3 is 6.03 Å². The highest BCUT2D eigenvalue weighted by molar-refractivity contribution is 5.81. The predicted octanol–water partition coefficient (Wildman–Crippen LogP) is 4.18. The standard InChI is InChI=1S/C24H31N3O2/c1-17(2)26-24(29)27-16-21(12-13-22(27)20-10-5-4-6-11-20)23(28)25-15-19-9-7-8-18(3)14-19/h4-11,14,17,21-22H,12-13,15-16H2,1-3H3,(H,25,28)(H,26,29). The van der Waals surface area contributed by atoms with Crippen LogP contribution in [0.4, 0.5) is 4.79 Å². The summed E-state index contributed by atoms with van der Waals surface area (Å²) in [6.45, 7) is 6.88. The summed E-state index contributed by atoms with van der Waals surface area (Å²) in [6.07, 6.45) is 1.54. The van der Waals surface area contributed by atoms with Gasteiger partial charge in [-0.15, -0.1) is 0 Å². The molecule has 5 nitrogen and oxygen atoms in total. The lowest BCUT2D eigenvalue weighted by Gasteiger charge is -2.39. The molecule has 2 atom stereocenters. The number of piperidine rings is 1. The Hall–Kier alpha value is -2.82. The SMILES string of the molecule is Cc1cccc(CNC(=O)C2CCC(c3ccccc3)N(C(=O)NC(C)C)C2)c1. The summed E-state index contributed by atoms with van der Waals surface area (Å²) in [7, 11) is 0. The van der Waals surface area contributed by atoms with Gasteiger partial charge in [-0.05, 0) is 44.7 Å². The Balaban J connectivity index is 1.68. The molecule has 154 valence electrons. The highest BCUT2D eigenvalue weighted by Crippen LogP contribution is 2.33. The van der Waals surface area contributed by atoms with E-state index < -0.39 is 0 Å². The predicted molar refractivity (Wildman–Crippen MR) is 115 cm³/mol. The van der Waals surface area contributed by atoms with Gasteiger partial charge in [0.1, 0.15) is 0 Å². The van der Waals surface area contributed by atoms with E-state index in [4.69, 9.17) is 0 Å². The van der Waals surface area contributed by atoms with Crippen LogP contribution in [-0.4, -0.2) is 29.4 Å². The second-order valence-electron chi connectivity index (χ2n) is 8.16. The molecular weight excluding hydrogens is 362 g/mol. The molecule has 1 heterocycles. The molecule has 29 heavy (non-hydrogen) atoms. The third-order valence-electron chi connectivity index (χ3n) is 5.36. The monoisotopic (exact) mass is 393 g/mol. The molecule has 1 aliphatic heterocycles. The van der Waals surface area contributed by atoms with Crippen LogP contribution in [0, 0.1) is 12.8 Å². The van der Waals surface area contributed by atoms with Crippen LogP contribution < -0.4 is 10.6 Å². The number of hydrogen-bond donors (Lipinski definition) is 2. The van der Waals surface area contributed by atoms with Crippen LogP contribution in [0.1, 0.15) is 49.4 Å². The zero-order valence-corrected chi connectivity index (χ0v) is 17.5. The van der Waals surface area contributed by atoms with Gasteiger partial charge in [-0.25, -0.2) is 4.79 Å². The van der Waals surface area contributed by atoms with Crippen molar-refractivity contribution in [1.82, 2.24) is 15.5 Å². The lowest BCUT2D eigenvalue weighted by molar-refractivity contribution is -0.126. The van der Waals surface area contributed by atoms with Crippen LogP contribution in [0.3, 0.4) is 0 Å². The molecule has 1 saturated heterocycles. The number of benzene rings is 2. The van der Waals surface area contributed by atoms with Crippen LogP contribution in [-0.2, 0) is 11.3 Å². The molecule has 1 fully saturated rings. The van der Waals surface area contributed by atoms with E-state index in [1.54, 1.807) is 0 Å². The van der Waals surface area contributed by atoms with Crippen molar-refractivity contribution in [2.45, 2.75) is 52.2 Å². The molecule has 2 unspecified atom stereocenters. The first kappa shape index (κ1) is 20.9. The normalized spacial score (nSPS) is 19.1. The lowest BCUT2D eigenvalue weighted by atomic mass is 9.88. The molecule has 2 aromatic carbocycles. The van der Waals surface area contributed by atoms with Gasteiger partial charge in [0.2, 0.25) is 5.91 Å². The van der Waals surface area contributed by atoms with E-state index in [0.717, 1.165) is 24.0 Å². The third kappa shape index (κ3) is 5.59. The molecule has 0 bridgehead atoms. The van der Waals surface area contributed by atoms with Crippen molar-refractivity contribution in [3.8, 4) is 0 Å². The van der Waals surface area contributed by atoms with Gasteiger partial charge in [-0.1, -0.05) is 60.2 Å². The molecule has 1 aliphatic rings. The highest BCUT2D eigenvalue weighted by Gasteiger charge is 2.35. The molecule has 0 radical (unpaired) electrons. The van der Waals surface area contributed by atoms with Crippen LogP contribution >= 0.6 is 0 Å². The lowest BCUT2D eigenvalue weighted by Crippen LogP contribution is -2.51. The number of likely N-dealkylation sites (tertiary alicyclic amines) is 1. The summed E-state index contributed by atoms with van der Waals surface area (Å²) in [6, 6.07) is 18.2. The van der Waals surface area contributed by atoms with Crippen LogP contribution in [0.15, 0.2) is 54.6 Å². The Morgan fingerprint density at radius 2 is 1.83 bits per heavy atom. The highest BCUT2D eigenvalue weighted by atomic mass is 16.2. The van der Waals surface area contributed by atoms with E-state index >= 15 is 0 Å². The van der Waals surface area contributed by atoms with E-state index in [0.29, 0.717) is 13.1 Å². The second kappa shape index (κ2) is 9.59. The van der Waals surface area contributed by atoms with Crippen LogP contribution in [0.5, 0.6) is 0 Å². The van der Waals surface area contributed by atoms with Gasteiger partial charge in [-0.2, -0.15) is 0 Å². The molecule has 5 heteroatoms. The van der Waals surface area contributed by atoms with Crippen molar-refractivity contribution in [2.75, 3.05) is 6.54 Å². The number of nitrogens with one attached hydrogen (secondary N) is 2. The second-order valence-corrected chi connectivity index (χ2v) is 8.16. The third-order valence-corrected chi connectivity index (χ3v) is 5.36. The maximum absolute atomic E-state index is 12.9. The molecular formula is C24H31N3O2.